The molecule has 142 valence electrons. The van der Waals surface area contributed by atoms with Crippen molar-refractivity contribution in [3.63, 3.8) is 0 Å². The molecule has 1 aromatic carbocycles. The van der Waals surface area contributed by atoms with Gasteiger partial charge in [-0.3, -0.25) is 4.99 Å². The van der Waals surface area contributed by atoms with Crippen molar-refractivity contribution in [1.29, 1.82) is 0 Å². The smallest absolute Gasteiger partial charge is 0.191 e. The van der Waals surface area contributed by atoms with Gasteiger partial charge < -0.3 is 15.4 Å². The number of halogens is 2. The summed E-state index contributed by atoms with van der Waals surface area (Å²) < 4.78 is 6.73. The molecule has 0 atom stereocenters. The largest absolute Gasteiger partial charge is 0.381 e. The van der Waals surface area contributed by atoms with Crippen molar-refractivity contribution < 1.29 is 4.74 Å². The minimum Gasteiger partial charge on any atom is -0.381 e. The Morgan fingerprint density at radius 2 is 1.84 bits per heavy atom. The number of hydrogen-bond acceptors (Lipinski definition) is 2. The van der Waals surface area contributed by atoms with Gasteiger partial charge >= 0.3 is 0 Å². The Bertz CT molecular complexity index is 528. The van der Waals surface area contributed by atoms with Crippen LogP contribution >= 0.6 is 39.9 Å². The number of nitrogens with zero attached hydrogens (tertiary/aromatic N) is 1. The van der Waals surface area contributed by atoms with Crippen LogP contribution in [0, 0.1) is 5.92 Å². The summed E-state index contributed by atoms with van der Waals surface area (Å²) in [6.45, 7) is 10.7. The third-order valence-electron chi connectivity index (χ3n) is 4.47. The molecular formula is C19H31BrIN3O. The second-order valence-corrected chi connectivity index (χ2v) is 7.79. The average Bonchev–Trinajstić information content (AvgIpc) is 2.58. The molecule has 1 heterocycles. The van der Waals surface area contributed by atoms with Crippen molar-refractivity contribution in [1.82, 2.24) is 10.6 Å². The number of nitrogens with one attached hydrogen (secondary N) is 2. The van der Waals surface area contributed by atoms with Gasteiger partial charge in [0, 0.05) is 36.2 Å². The quantitative estimate of drug-likeness (QED) is 0.331. The Morgan fingerprint density at radius 3 is 2.40 bits per heavy atom. The van der Waals surface area contributed by atoms with Gasteiger partial charge in [0.1, 0.15) is 0 Å². The molecule has 1 aromatic rings. The number of aliphatic imine (C=N–C) groups is 1. The number of rotatable bonds is 6. The summed E-state index contributed by atoms with van der Waals surface area (Å²) in [6, 6.07) is 8.69. The first-order valence-electron chi connectivity index (χ1n) is 8.92. The van der Waals surface area contributed by atoms with Gasteiger partial charge in [-0.15, -0.1) is 24.0 Å². The van der Waals surface area contributed by atoms with Crippen LogP contribution in [0.2, 0.25) is 0 Å². The number of guanidine groups is 1. The van der Waals surface area contributed by atoms with E-state index in [0.29, 0.717) is 5.92 Å². The maximum Gasteiger partial charge on any atom is 0.191 e. The van der Waals surface area contributed by atoms with E-state index in [4.69, 9.17) is 9.73 Å². The van der Waals surface area contributed by atoms with Crippen molar-refractivity contribution >= 4 is 45.9 Å². The maximum absolute atomic E-state index is 5.61. The predicted octanol–water partition coefficient (Wildman–Crippen LogP) is 4.33. The van der Waals surface area contributed by atoms with E-state index < -0.39 is 0 Å². The van der Waals surface area contributed by atoms with E-state index in [9.17, 15) is 0 Å². The Balaban J connectivity index is 0.00000312. The van der Waals surface area contributed by atoms with Crippen LogP contribution in [0.1, 0.15) is 39.2 Å². The first-order chi connectivity index (χ1) is 11.6. The van der Waals surface area contributed by atoms with Crippen molar-refractivity contribution in [2.45, 2.75) is 39.0 Å². The molecule has 0 bridgehead atoms. The molecule has 0 radical (unpaired) electrons. The molecule has 0 aromatic heterocycles. The lowest BCUT2D eigenvalue weighted by molar-refractivity contribution is 0.0531. The molecule has 6 heteroatoms. The molecule has 4 nitrogen and oxygen atoms in total. The highest BCUT2D eigenvalue weighted by molar-refractivity contribution is 14.0. The predicted molar refractivity (Wildman–Crippen MR) is 120 cm³/mol. The van der Waals surface area contributed by atoms with E-state index in [1.165, 1.54) is 5.56 Å². The van der Waals surface area contributed by atoms with E-state index in [0.717, 1.165) is 56.1 Å². The van der Waals surface area contributed by atoms with Crippen LogP contribution in [0.15, 0.2) is 33.7 Å². The molecule has 25 heavy (non-hydrogen) atoms. The zero-order valence-corrected chi connectivity index (χ0v) is 19.4. The Labute approximate surface area is 177 Å². The van der Waals surface area contributed by atoms with Crippen molar-refractivity contribution in [2.24, 2.45) is 10.9 Å². The van der Waals surface area contributed by atoms with E-state index in [2.05, 4.69) is 71.6 Å². The fraction of sp³-hybridized carbons (Fsp3) is 0.632. The van der Waals surface area contributed by atoms with Crippen LogP contribution in [0.25, 0.3) is 0 Å². The van der Waals surface area contributed by atoms with Gasteiger partial charge in [-0.25, -0.2) is 0 Å². The molecule has 1 aliphatic rings. The van der Waals surface area contributed by atoms with E-state index in [1.54, 1.807) is 0 Å². The summed E-state index contributed by atoms with van der Waals surface area (Å²) in [5, 5.41) is 6.79. The lowest BCUT2D eigenvalue weighted by atomic mass is 9.74. The normalized spacial score (nSPS) is 17.1. The SMILES string of the molecule is CCNC(=NCC1(c2ccc(Br)cc2)CCOCC1)NCC(C)C.I. The Morgan fingerprint density at radius 1 is 1.20 bits per heavy atom. The summed E-state index contributed by atoms with van der Waals surface area (Å²) in [5.41, 5.74) is 1.43. The van der Waals surface area contributed by atoms with Gasteiger partial charge in [0.25, 0.3) is 0 Å². The average molecular weight is 524 g/mol. The number of benzene rings is 1. The van der Waals surface area contributed by atoms with Crippen LogP contribution in [0.3, 0.4) is 0 Å². The van der Waals surface area contributed by atoms with Gasteiger partial charge in [-0.1, -0.05) is 41.9 Å². The lowest BCUT2D eigenvalue weighted by Crippen LogP contribution is -2.42. The van der Waals surface area contributed by atoms with Gasteiger partial charge in [-0.2, -0.15) is 0 Å². The van der Waals surface area contributed by atoms with E-state index in [1.807, 2.05) is 0 Å². The van der Waals surface area contributed by atoms with Crippen LogP contribution < -0.4 is 10.6 Å². The summed E-state index contributed by atoms with van der Waals surface area (Å²) in [5.74, 6) is 1.51. The summed E-state index contributed by atoms with van der Waals surface area (Å²) >= 11 is 3.53. The molecular weight excluding hydrogens is 493 g/mol. The van der Waals surface area contributed by atoms with Crippen LogP contribution in [-0.4, -0.2) is 38.8 Å². The van der Waals surface area contributed by atoms with Crippen molar-refractivity contribution in [3.05, 3.63) is 34.3 Å². The minimum atomic E-state index is 0. The maximum atomic E-state index is 5.61. The minimum absolute atomic E-state index is 0. The first-order valence-corrected chi connectivity index (χ1v) is 9.71. The van der Waals surface area contributed by atoms with Crippen LogP contribution in [0.4, 0.5) is 0 Å². The third kappa shape index (κ3) is 7.06. The highest BCUT2D eigenvalue weighted by Crippen LogP contribution is 2.35. The van der Waals surface area contributed by atoms with E-state index in [-0.39, 0.29) is 29.4 Å². The molecule has 0 saturated carbocycles. The van der Waals surface area contributed by atoms with Gasteiger partial charge in [0.15, 0.2) is 5.96 Å². The van der Waals surface area contributed by atoms with Gasteiger partial charge in [0.2, 0.25) is 0 Å². The lowest BCUT2D eigenvalue weighted by Gasteiger charge is -2.36. The van der Waals surface area contributed by atoms with Crippen LogP contribution in [0.5, 0.6) is 0 Å². The third-order valence-corrected chi connectivity index (χ3v) is 5.00. The number of ether oxygens (including phenoxy) is 1. The second kappa shape index (κ2) is 11.4. The van der Waals surface area contributed by atoms with Gasteiger partial charge in [0.05, 0.1) is 6.54 Å². The molecule has 1 fully saturated rings. The number of hydrogen-bond donors (Lipinski definition) is 2. The summed E-state index contributed by atoms with van der Waals surface area (Å²) in [4.78, 5) is 4.91. The molecule has 0 unspecified atom stereocenters. The summed E-state index contributed by atoms with van der Waals surface area (Å²) in [7, 11) is 0. The fourth-order valence-electron chi connectivity index (χ4n) is 2.98. The van der Waals surface area contributed by atoms with Crippen molar-refractivity contribution in [3.8, 4) is 0 Å². The first kappa shape index (κ1) is 22.7. The summed E-state index contributed by atoms with van der Waals surface area (Å²) in [6.07, 6.45) is 2.03. The standard InChI is InChI=1S/C19H30BrN3O.HI/c1-4-21-18(22-13-15(2)3)23-14-19(9-11-24-12-10-19)16-5-7-17(20)8-6-16;/h5-8,15H,4,9-14H2,1-3H3,(H2,21,22,23);1H. The van der Waals surface area contributed by atoms with Crippen LogP contribution in [-0.2, 0) is 10.2 Å². The topological polar surface area (TPSA) is 45.7 Å². The fourth-order valence-corrected chi connectivity index (χ4v) is 3.24. The highest BCUT2D eigenvalue weighted by Gasteiger charge is 2.34. The zero-order valence-electron chi connectivity index (χ0n) is 15.5. The molecule has 2 N–H and O–H groups in total. The van der Waals surface area contributed by atoms with Crippen molar-refractivity contribution in [2.75, 3.05) is 32.8 Å². The second-order valence-electron chi connectivity index (χ2n) is 6.87. The molecule has 1 aliphatic heterocycles. The highest BCUT2D eigenvalue weighted by atomic mass is 127. The molecule has 1 saturated heterocycles. The molecule has 2 rings (SSSR count). The van der Waals surface area contributed by atoms with E-state index >= 15 is 0 Å². The molecule has 0 aliphatic carbocycles. The van der Waals surface area contributed by atoms with Gasteiger partial charge in [-0.05, 0) is 43.4 Å². The monoisotopic (exact) mass is 523 g/mol. The Hall–Kier alpha value is -0.340. The molecule has 0 amide bonds. The molecule has 0 spiro atoms. The zero-order chi connectivity index (χ0) is 17.4. The Kier molecular flexibility index (Phi) is 10.3.